The monoisotopic (exact) mass is 172 g/mol. The van der Waals surface area contributed by atoms with Crippen molar-refractivity contribution in [3.8, 4) is 0 Å². The van der Waals surface area contributed by atoms with Crippen molar-refractivity contribution in [1.29, 1.82) is 0 Å². The minimum Gasteiger partial charge on any atom is -0.481 e. The van der Waals surface area contributed by atoms with Crippen molar-refractivity contribution < 1.29 is 15.0 Å². The lowest BCUT2D eigenvalue weighted by Crippen LogP contribution is -2.38. The van der Waals surface area contributed by atoms with Crippen LogP contribution in [-0.2, 0) is 4.79 Å². The summed E-state index contributed by atoms with van der Waals surface area (Å²) in [5.74, 6) is -0.697. The molecule has 0 aromatic heterocycles. The van der Waals surface area contributed by atoms with Crippen LogP contribution >= 0.6 is 0 Å². The number of carboxylic acids is 1. The number of carbonyl (C=O) groups is 1. The Morgan fingerprint density at radius 2 is 2.00 bits per heavy atom. The van der Waals surface area contributed by atoms with E-state index in [1.165, 1.54) is 0 Å². The molecule has 1 fully saturated rings. The minimum absolute atomic E-state index is 0.167. The molecule has 0 amide bonds. The van der Waals surface area contributed by atoms with Gasteiger partial charge in [0.15, 0.2) is 0 Å². The third-order valence-electron chi connectivity index (χ3n) is 3.07. The van der Waals surface area contributed by atoms with E-state index in [-0.39, 0.29) is 12.5 Å². The van der Waals surface area contributed by atoms with E-state index in [2.05, 4.69) is 0 Å². The molecule has 0 spiro atoms. The second-order valence-corrected chi connectivity index (χ2v) is 3.86. The third-order valence-corrected chi connectivity index (χ3v) is 3.07. The minimum atomic E-state index is -0.906. The van der Waals surface area contributed by atoms with Gasteiger partial charge in [-0.3, -0.25) is 4.79 Å². The van der Waals surface area contributed by atoms with Crippen molar-refractivity contribution in [3.05, 3.63) is 0 Å². The third kappa shape index (κ3) is 1.46. The Hall–Kier alpha value is -0.570. The van der Waals surface area contributed by atoms with Gasteiger partial charge in [0.05, 0.1) is 12.0 Å². The van der Waals surface area contributed by atoms with Gasteiger partial charge in [0.25, 0.3) is 0 Å². The highest BCUT2D eigenvalue weighted by Crippen LogP contribution is 2.39. The summed E-state index contributed by atoms with van der Waals surface area (Å²) in [4.78, 5) is 10.9. The van der Waals surface area contributed by atoms with E-state index in [9.17, 15) is 4.79 Å². The molecule has 0 radical (unpaired) electrons. The summed E-state index contributed by atoms with van der Waals surface area (Å²) in [5.41, 5.74) is -0.906. The van der Waals surface area contributed by atoms with Gasteiger partial charge in [-0.15, -0.1) is 0 Å². The van der Waals surface area contributed by atoms with Crippen molar-refractivity contribution in [3.63, 3.8) is 0 Å². The van der Waals surface area contributed by atoms with Crippen molar-refractivity contribution in [2.45, 2.75) is 32.6 Å². The van der Waals surface area contributed by atoms with Crippen molar-refractivity contribution in [2.75, 3.05) is 6.61 Å². The van der Waals surface area contributed by atoms with Crippen LogP contribution in [0.25, 0.3) is 0 Å². The molecule has 0 aliphatic heterocycles. The summed E-state index contributed by atoms with van der Waals surface area (Å²) in [6, 6.07) is 0. The highest BCUT2D eigenvalue weighted by Gasteiger charge is 2.41. The molecule has 12 heavy (non-hydrogen) atoms. The van der Waals surface area contributed by atoms with Gasteiger partial charge in [0, 0.05) is 0 Å². The first kappa shape index (κ1) is 9.52. The van der Waals surface area contributed by atoms with E-state index < -0.39 is 11.4 Å². The first-order valence-electron chi connectivity index (χ1n) is 4.45. The second kappa shape index (κ2) is 3.44. The maximum Gasteiger partial charge on any atom is 0.311 e. The molecule has 1 aliphatic rings. The lowest BCUT2D eigenvalue weighted by Gasteiger charge is -2.28. The van der Waals surface area contributed by atoms with Crippen LogP contribution in [0.3, 0.4) is 0 Å². The quantitative estimate of drug-likeness (QED) is 0.673. The molecule has 1 aliphatic carbocycles. The SMILES string of the molecule is CC(CO)(C(=O)O)C1CCCC1. The molecule has 3 nitrogen and oxygen atoms in total. The summed E-state index contributed by atoms with van der Waals surface area (Å²) >= 11 is 0. The van der Waals surface area contributed by atoms with Crippen LogP contribution in [0.5, 0.6) is 0 Å². The standard InChI is InChI=1S/C9H16O3/c1-9(6-10,8(11)12)7-4-2-3-5-7/h7,10H,2-6H2,1H3,(H,11,12). The molecule has 1 saturated carbocycles. The zero-order valence-corrected chi connectivity index (χ0v) is 7.42. The van der Waals surface area contributed by atoms with Crippen molar-refractivity contribution in [1.82, 2.24) is 0 Å². The predicted octanol–water partition coefficient (Wildman–Crippen LogP) is 1.26. The summed E-state index contributed by atoms with van der Waals surface area (Å²) < 4.78 is 0. The number of hydrogen-bond acceptors (Lipinski definition) is 2. The van der Waals surface area contributed by atoms with E-state index in [4.69, 9.17) is 10.2 Å². The Kier molecular flexibility index (Phi) is 2.73. The Bertz CT molecular complexity index is 173. The van der Waals surface area contributed by atoms with Gasteiger partial charge in [-0.2, -0.15) is 0 Å². The van der Waals surface area contributed by atoms with Crippen LogP contribution in [0.4, 0.5) is 0 Å². The van der Waals surface area contributed by atoms with Crippen LogP contribution in [0, 0.1) is 11.3 Å². The van der Waals surface area contributed by atoms with E-state index in [0.717, 1.165) is 25.7 Å². The first-order valence-corrected chi connectivity index (χ1v) is 4.45. The molecule has 1 rings (SSSR count). The molecule has 0 saturated heterocycles. The van der Waals surface area contributed by atoms with Crippen LogP contribution in [-0.4, -0.2) is 22.8 Å². The molecule has 0 heterocycles. The Morgan fingerprint density at radius 3 is 2.33 bits per heavy atom. The molecule has 2 N–H and O–H groups in total. The zero-order valence-electron chi connectivity index (χ0n) is 7.42. The van der Waals surface area contributed by atoms with Gasteiger partial charge < -0.3 is 10.2 Å². The average molecular weight is 172 g/mol. The number of aliphatic carboxylic acids is 1. The average Bonchev–Trinajstić information content (AvgIpc) is 2.54. The van der Waals surface area contributed by atoms with E-state index in [1.807, 2.05) is 0 Å². The van der Waals surface area contributed by atoms with Gasteiger partial charge in [0.2, 0.25) is 0 Å². The number of carboxylic acid groups (broad SMARTS) is 1. The van der Waals surface area contributed by atoms with Crippen LogP contribution in [0.2, 0.25) is 0 Å². The molecule has 0 aromatic rings. The predicted molar refractivity (Wildman–Crippen MR) is 44.8 cm³/mol. The fourth-order valence-corrected chi connectivity index (χ4v) is 1.93. The normalized spacial score (nSPS) is 23.8. The Labute approximate surface area is 72.4 Å². The molecule has 0 aromatic carbocycles. The lowest BCUT2D eigenvalue weighted by molar-refractivity contribution is -0.154. The van der Waals surface area contributed by atoms with Crippen molar-refractivity contribution in [2.24, 2.45) is 11.3 Å². The largest absolute Gasteiger partial charge is 0.481 e. The highest BCUT2D eigenvalue weighted by molar-refractivity contribution is 5.74. The highest BCUT2D eigenvalue weighted by atomic mass is 16.4. The van der Waals surface area contributed by atoms with E-state index >= 15 is 0 Å². The molecule has 1 unspecified atom stereocenters. The fraction of sp³-hybridized carbons (Fsp3) is 0.889. The molecule has 0 bridgehead atoms. The second-order valence-electron chi connectivity index (χ2n) is 3.86. The van der Waals surface area contributed by atoms with Crippen LogP contribution < -0.4 is 0 Å². The maximum atomic E-state index is 10.9. The molecular formula is C9H16O3. The fourth-order valence-electron chi connectivity index (χ4n) is 1.93. The Balaban J connectivity index is 2.70. The number of rotatable bonds is 3. The molecular weight excluding hydrogens is 156 g/mol. The summed E-state index contributed by atoms with van der Waals surface area (Å²) in [6.07, 6.45) is 4.10. The number of aliphatic hydroxyl groups is 1. The van der Waals surface area contributed by atoms with Gasteiger partial charge in [-0.05, 0) is 25.7 Å². The number of hydrogen-bond donors (Lipinski definition) is 2. The summed E-state index contributed by atoms with van der Waals surface area (Å²) in [5, 5.41) is 18.0. The van der Waals surface area contributed by atoms with E-state index in [1.54, 1.807) is 6.92 Å². The van der Waals surface area contributed by atoms with Crippen molar-refractivity contribution >= 4 is 5.97 Å². The van der Waals surface area contributed by atoms with E-state index in [0.29, 0.717) is 0 Å². The topological polar surface area (TPSA) is 57.5 Å². The van der Waals surface area contributed by atoms with Gasteiger partial charge in [-0.1, -0.05) is 12.8 Å². The van der Waals surface area contributed by atoms with Crippen LogP contribution in [0.1, 0.15) is 32.6 Å². The molecule has 1 atom stereocenters. The summed E-state index contributed by atoms with van der Waals surface area (Å²) in [7, 11) is 0. The van der Waals surface area contributed by atoms with Gasteiger partial charge >= 0.3 is 5.97 Å². The lowest BCUT2D eigenvalue weighted by atomic mass is 9.77. The van der Waals surface area contributed by atoms with Crippen LogP contribution in [0.15, 0.2) is 0 Å². The Morgan fingerprint density at radius 1 is 1.50 bits per heavy atom. The maximum absolute atomic E-state index is 10.9. The van der Waals surface area contributed by atoms with Gasteiger partial charge in [0.1, 0.15) is 0 Å². The zero-order chi connectivity index (χ0) is 9.19. The first-order chi connectivity index (χ1) is 5.61. The smallest absolute Gasteiger partial charge is 0.311 e. The molecule has 70 valence electrons. The number of aliphatic hydroxyl groups excluding tert-OH is 1. The van der Waals surface area contributed by atoms with Gasteiger partial charge in [-0.25, -0.2) is 0 Å². The molecule has 3 heteroatoms. The summed E-state index contributed by atoms with van der Waals surface area (Å²) in [6.45, 7) is 1.40.